The van der Waals surface area contributed by atoms with Crippen LogP contribution in [0.2, 0.25) is 5.04 Å². The molecule has 0 aromatic heterocycles. The van der Waals surface area contributed by atoms with Gasteiger partial charge in [0.05, 0.1) is 25.4 Å². The Balaban J connectivity index is 1.62. The number of hydrogen-bond acceptors (Lipinski definition) is 3. The first kappa shape index (κ1) is 22.0. The molecule has 0 radical (unpaired) electrons. The maximum atomic E-state index is 10.4. The Bertz CT molecular complexity index is 921. The highest BCUT2D eigenvalue weighted by atomic mass is 28.4. The van der Waals surface area contributed by atoms with E-state index in [0.29, 0.717) is 13.0 Å². The van der Waals surface area contributed by atoms with Gasteiger partial charge in [0.25, 0.3) is 8.32 Å². The summed E-state index contributed by atoms with van der Waals surface area (Å²) in [5.74, 6) is 0. The van der Waals surface area contributed by atoms with Gasteiger partial charge in [-0.3, -0.25) is 0 Å². The van der Waals surface area contributed by atoms with E-state index in [1.165, 1.54) is 10.4 Å². The first-order chi connectivity index (χ1) is 14.9. The van der Waals surface area contributed by atoms with Crippen LogP contribution >= 0.6 is 0 Å². The van der Waals surface area contributed by atoms with Crippen LogP contribution in [0.1, 0.15) is 44.4 Å². The zero-order valence-electron chi connectivity index (χ0n) is 18.6. The summed E-state index contributed by atoms with van der Waals surface area (Å²) in [6.45, 7) is 8.17. The van der Waals surface area contributed by atoms with Crippen LogP contribution in [0.4, 0.5) is 0 Å². The highest BCUT2D eigenvalue weighted by molar-refractivity contribution is 6.99. The van der Waals surface area contributed by atoms with E-state index in [1.54, 1.807) is 0 Å². The van der Waals surface area contributed by atoms with E-state index in [0.717, 1.165) is 17.7 Å². The molecule has 0 bridgehead atoms. The van der Waals surface area contributed by atoms with E-state index in [4.69, 9.17) is 9.16 Å². The Hall–Kier alpha value is -2.24. The molecule has 4 heteroatoms. The van der Waals surface area contributed by atoms with Gasteiger partial charge < -0.3 is 14.3 Å². The second-order valence-corrected chi connectivity index (χ2v) is 13.7. The van der Waals surface area contributed by atoms with Gasteiger partial charge in [0.1, 0.15) is 0 Å². The highest BCUT2D eigenvalue weighted by Gasteiger charge is 2.50. The van der Waals surface area contributed by atoms with E-state index in [1.807, 2.05) is 12.1 Å². The van der Waals surface area contributed by atoms with Crippen molar-refractivity contribution in [3.05, 3.63) is 96.1 Å². The minimum Gasteiger partial charge on any atom is -0.403 e. The van der Waals surface area contributed by atoms with Crippen molar-refractivity contribution in [2.75, 3.05) is 6.61 Å². The summed E-state index contributed by atoms with van der Waals surface area (Å²) in [5.41, 5.74) is 2.05. The number of hydrogen-bond donors (Lipinski definition) is 1. The fourth-order valence-corrected chi connectivity index (χ4v) is 8.92. The van der Waals surface area contributed by atoms with Crippen molar-refractivity contribution in [2.45, 2.75) is 51.0 Å². The third-order valence-electron chi connectivity index (χ3n) is 6.13. The zero-order valence-corrected chi connectivity index (χ0v) is 19.6. The summed E-state index contributed by atoms with van der Waals surface area (Å²) in [4.78, 5) is 0. The topological polar surface area (TPSA) is 42.0 Å². The molecule has 3 aromatic rings. The average molecular weight is 433 g/mol. The second kappa shape index (κ2) is 9.09. The molecule has 1 aliphatic heterocycles. The molecule has 1 N–H and O–H groups in total. The van der Waals surface area contributed by atoms with Crippen molar-refractivity contribution in [2.24, 2.45) is 0 Å². The number of rotatable bonds is 8. The van der Waals surface area contributed by atoms with Crippen LogP contribution in [-0.4, -0.2) is 26.1 Å². The molecule has 3 aromatic carbocycles. The number of aliphatic hydroxyl groups excluding tert-OH is 1. The summed E-state index contributed by atoms with van der Waals surface area (Å²) in [6, 6.07) is 29.6. The molecule has 0 spiro atoms. The third-order valence-corrected chi connectivity index (χ3v) is 11.1. The summed E-state index contributed by atoms with van der Waals surface area (Å²) in [6.07, 6.45) is 0.407. The largest absolute Gasteiger partial charge is 0.403 e. The standard InChI is InChI=1S/C27H32O3Si/c1-27(2,3)31(24-10-6-4-7-11-24,25-12-8-5-9-13-25)30-19-21-14-16-22(17-15-21)26(28)18-23-20-29-23/h4-17,23,26,28H,18-20H2,1-3H3. The van der Waals surface area contributed by atoms with Gasteiger partial charge in [-0.05, 0) is 26.5 Å². The van der Waals surface area contributed by atoms with Gasteiger partial charge in [0.2, 0.25) is 0 Å². The summed E-state index contributed by atoms with van der Waals surface area (Å²) in [7, 11) is -2.55. The minimum absolute atomic E-state index is 0.0455. The maximum absolute atomic E-state index is 10.4. The van der Waals surface area contributed by atoms with Crippen molar-refractivity contribution in [3.63, 3.8) is 0 Å². The molecule has 162 valence electrons. The average Bonchev–Trinajstić information content (AvgIpc) is 3.59. The quantitative estimate of drug-likeness (QED) is 0.418. The smallest absolute Gasteiger partial charge is 0.261 e. The Kier molecular flexibility index (Phi) is 6.44. The summed E-state index contributed by atoms with van der Waals surface area (Å²) in [5, 5.41) is 12.9. The van der Waals surface area contributed by atoms with Crippen LogP contribution in [0, 0.1) is 0 Å². The molecule has 4 rings (SSSR count). The van der Waals surface area contributed by atoms with Gasteiger partial charge in [0.15, 0.2) is 0 Å². The second-order valence-electron chi connectivity index (χ2n) is 9.40. The lowest BCUT2D eigenvalue weighted by molar-refractivity contribution is 0.154. The summed E-state index contributed by atoms with van der Waals surface area (Å²) >= 11 is 0. The minimum atomic E-state index is -2.55. The van der Waals surface area contributed by atoms with E-state index in [2.05, 4.69) is 93.6 Å². The zero-order chi connectivity index (χ0) is 21.9. The molecule has 1 heterocycles. The molecule has 2 unspecified atom stereocenters. The van der Waals surface area contributed by atoms with Crippen molar-refractivity contribution in [1.82, 2.24) is 0 Å². The van der Waals surface area contributed by atoms with Crippen LogP contribution in [0.15, 0.2) is 84.9 Å². The Labute approximate surface area is 186 Å². The van der Waals surface area contributed by atoms with Gasteiger partial charge >= 0.3 is 0 Å². The van der Waals surface area contributed by atoms with Gasteiger partial charge in [-0.2, -0.15) is 0 Å². The molecule has 2 atom stereocenters. The Morgan fingerprint density at radius 3 is 1.87 bits per heavy atom. The lowest BCUT2D eigenvalue weighted by Crippen LogP contribution is -2.66. The van der Waals surface area contributed by atoms with Gasteiger partial charge in [-0.1, -0.05) is 106 Å². The maximum Gasteiger partial charge on any atom is 0.261 e. The molecule has 0 amide bonds. The van der Waals surface area contributed by atoms with Crippen LogP contribution < -0.4 is 10.4 Å². The predicted octanol–water partition coefficient (Wildman–Crippen LogP) is 4.59. The van der Waals surface area contributed by atoms with E-state index >= 15 is 0 Å². The molecule has 1 fully saturated rings. The third kappa shape index (κ3) is 4.83. The number of benzene rings is 3. The fourth-order valence-electron chi connectivity index (χ4n) is 4.38. The predicted molar refractivity (Wildman–Crippen MR) is 128 cm³/mol. The first-order valence-corrected chi connectivity index (χ1v) is 12.9. The van der Waals surface area contributed by atoms with E-state index in [9.17, 15) is 5.11 Å². The van der Waals surface area contributed by atoms with Crippen molar-refractivity contribution < 1.29 is 14.3 Å². The molecule has 0 saturated carbocycles. The highest BCUT2D eigenvalue weighted by Crippen LogP contribution is 2.37. The molecule has 1 aliphatic rings. The van der Waals surface area contributed by atoms with Crippen molar-refractivity contribution in [1.29, 1.82) is 0 Å². The fraction of sp³-hybridized carbons (Fsp3) is 0.333. The van der Waals surface area contributed by atoms with Crippen LogP contribution in [0.25, 0.3) is 0 Å². The van der Waals surface area contributed by atoms with Gasteiger partial charge in [-0.15, -0.1) is 0 Å². The summed E-state index contributed by atoms with van der Waals surface area (Å²) < 4.78 is 12.2. The molecule has 3 nitrogen and oxygen atoms in total. The molecule has 0 aliphatic carbocycles. The Morgan fingerprint density at radius 2 is 1.42 bits per heavy atom. The van der Waals surface area contributed by atoms with E-state index in [-0.39, 0.29) is 11.1 Å². The first-order valence-electron chi connectivity index (χ1n) is 11.0. The lowest BCUT2D eigenvalue weighted by Gasteiger charge is -2.43. The number of ether oxygens (including phenoxy) is 1. The van der Waals surface area contributed by atoms with Crippen molar-refractivity contribution in [3.8, 4) is 0 Å². The van der Waals surface area contributed by atoms with Crippen molar-refractivity contribution >= 4 is 18.7 Å². The van der Waals surface area contributed by atoms with Gasteiger partial charge in [0, 0.05) is 6.42 Å². The lowest BCUT2D eigenvalue weighted by atomic mass is 10.0. The number of aliphatic hydroxyl groups is 1. The Morgan fingerprint density at radius 1 is 0.903 bits per heavy atom. The SMILES string of the molecule is CC(C)(C)[Si](OCc1ccc(C(O)CC2CO2)cc1)(c1ccccc1)c1ccccc1. The van der Waals surface area contributed by atoms with Crippen LogP contribution in [-0.2, 0) is 15.8 Å². The molecule has 31 heavy (non-hydrogen) atoms. The van der Waals surface area contributed by atoms with Crippen LogP contribution in [0.5, 0.6) is 0 Å². The molecular weight excluding hydrogens is 400 g/mol. The molecular formula is C27H32O3Si. The van der Waals surface area contributed by atoms with Crippen LogP contribution in [0.3, 0.4) is 0 Å². The van der Waals surface area contributed by atoms with E-state index < -0.39 is 14.4 Å². The normalized spacial score (nSPS) is 17.4. The monoisotopic (exact) mass is 432 g/mol. The van der Waals surface area contributed by atoms with Gasteiger partial charge in [-0.25, -0.2) is 0 Å². The number of epoxide rings is 1. The molecule has 1 saturated heterocycles.